The summed E-state index contributed by atoms with van der Waals surface area (Å²) in [6, 6.07) is 20.2. The second kappa shape index (κ2) is 12.8. The van der Waals surface area contributed by atoms with Gasteiger partial charge < -0.3 is 9.47 Å². The first-order valence-corrected chi connectivity index (χ1v) is 12.9. The molecule has 0 aromatic heterocycles. The normalized spacial score (nSPS) is 12.0. The number of alkyl halides is 5. The molecule has 0 bridgehead atoms. The van der Waals surface area contributed by atoms with Gasteiger partial charge in [-0.2, -0.15) is 22.0 Å². The van der Waals surface area contributed by atoms with Crippen molar-refractivity contribution in [3.8, 4) is 16.9 Å². The summed E-state index contributed by atoms with van der Waals surface area (Å²) in [6.45, 7) is -0.724. The molecule has 0 saturated carbocycles. The number of aryl methyl sites for hydroxylation is 1. The Bertz CT molecular complexity index is 1450. The molecule has 216 valence electrons. The van der Waals surface area contributed by atoms with Gasteiger partial charge in [-0.3, -0.25) is 0 Å². The molecule has 0 saturated heterocycles. The number of ether oxygens (including phenoxy) is 2. The van der Waals surface area contributed by atoms with Gasteiger partial charge in [0.1, 0.15) is 36.2 Å². The lowest BCUT2D eigenvalue weighted by atomic mass is 9.94. The Hall–Kier alpha value is -3.85. The van der Waals surface area contributed by atoms with Crippen LogP contribution in [0.15, 0.2) is 84.9 Å². The molecule has 0 aliphatic carbocycles. The molecule has 0 aliphatic heterocycles. The van der Waals surface area contributed by atoms with Crippen molar-refractivity contribution in [1.29, 1.82) is 0 Å². The molecule has 0 unspecified atom stereocenters. The molecular weight excluding hydrogens is 549 g/mol. The Morgan fingerprint density at radius 2 is 1.44 bits per heavy atom. The van der Waals surface area contributed by atoms with Crippen molar-refractivity contribution in [1.82, 2.24) is 0 Å². The van der Waals surface area contributed by atoms with Crippen LogP contribution in [-0.4, -0.2) is 12.8 Å². The SMILES string of the molecule is CCCc1ccc(-c2ccc(C(F)(F)c3c(OCc4ccccc4)ccc(COCC(F)(F)F)c3F)cc2)c(F)c1. The van der Waals surface area contributed by atoms with Crippen molar-refractivity contribution in [2.24, 2.45) is 0 Å². The zero-order valence-corrected chi connectivity index (χ0v) is 22.1. The molecule has 0 radical (unpaired) electrons. The quantitative estimate of drug-likeness (QED) is 0.166. The molecule has 0 N–H and O–H groups in total. The molecule has 0 fully saturated rings. The predicted octanol–water partition coefficient (Wildman–Crippen LogP) is 9.38. The Morgan fingerprint density at radius 1 is 0.732 bits per heavy atom. The molecule has 2 nitrogen and oxygen atoms in total. The fourth-order valence-electron chi connectivity index (χ4n) is 4.38. The van der Waals surface area contributed by atoms with Gasteiger partial charge in [0.2, 0.25) is 0 Å². The van der Waals surface area contributed by atoms with Gasteiger partial charge in [-0.1, -0.05) is 86.1 Å². The van der Waals surface area contributed by atoms with Gasteiger partial charge in [0.05, 0.1) is 6.61 Å². The van der Waals surface area contributed by atoms with Crippen molar-refractivity contribution in [3.63, 3.8) is 0 Å². The van der Waals surface area contributed by atoms with Crippen LogP contribution >= 0.6 is 0 Å². The molecule has 0 aliphatic rings. The van der Waals surface area contributed by atoms with Crippen LogP contribution in [-0.2, 0) is 30.3 Å². The molecule has 4 aromatic rings. The number of rotatable bonds is 11. The summed E-state index contributed by atoms with van der Waals surface area (Å²) in [7, 11) is 0. The maximum absolute atomic E-state index is 16.0. The highest BCUT2D eigenvalue weighted by molar-refractivity contribution is 5.65. The van der Waals surface area contributed by atoms with Crippen LogP contribution < -0.4 is 4.74 Å². The predicted molar refractivity (Wildman–Crippen MR) is 142 cm³/mol. The third kappa shape index (κ3) is 7.47. The Balaban J connectivity index is 1.68. The van der Waals surface area contributed by atoms with E-state index in [4.69, 9.17) is 4.74 Å². The van der Waals surface area contributed by atoms with Gasteiger partial charge in [0.15, 0.2) is 0 Å². The van der Waals surface area contributed by atoms with Crippen LogP contribution in [0.2, 0.25) is 0 Å². The number of hydrogen-bond donors (Lipinski definition) is 0. The standard InChI is InChI=1S/C32H27F7O2/c1-2-6-21-9-15-26(27(33)17-21)23-10-13-25(14-11-23)32(38,39)29-28(41-18-22-7-4-3-5-8-22)16-12-24(30(29)34)19-40-20-31(35,36)37/h3-5,7-17H,2,6,18-20H2,1H3. The average molecular weight is 577 g/mol. The maximum Gasteiger partial charge on any atom is 0.411 e. The van der Waals surface area contributed by atoms with E-state index >= 15 is 13.2 Å². The summed E-state index contributed by atoms with van der Waals surface area (Å²) >= 11 is 0. The van der Waals surface area contributed by atoms with E-state index in [0.29, 0.717) is 17.5 Å². The summed E-state index contributed by atoms with van der Waals surface area (Å²) in [5.41, 5.74) is -0.208. The van der Waals surface area contributed by atoms with E-state index in [1.165, 1.54) is 18.2 Å². The van der Waals surface area contributed by atoms with Crippen LogP contribution in [0.1, 0.15) is 41.2 Å². The van der Waals surface area contributed by atoms with Gasteiger partial charge in [-0.15, -0.1) is 0 Å². The lowest BCUT2D eigenvalue weighted by Crippen LogP contribution is -2.21. The van der Waals surface area contributed by atoms with Gasteiger partial charge in [-0.25, -0.2) is 8.78 Å². The van der Waals surface area contributed by atoms with Gasteiger partial charge >= 0.3 is 12.1 Å². The highest BCUT2D eigenvalue weighted by Crippen LogP contribution is 2.44. The van der Waals surface area contributed by atoms with E-state index in [2.05, 4.69) is 4.74 Å². The summed E-state index contributed by atoms with van der Waals surface area (Å²) < 4.78 is 110. The molecular formula is C32H27F7O2. The molecule has 9 heteroatoms. The third-order valence-corrected chi connectivity index (χ3v) is 6.39. The Kier molecular flexibility index (Phi) is 9.38. The molecule has 4 aromatic carbocycles. The summed E-state index contributed by atoms with van der Waals surface area (Å²) in [6.07, 6.45) is -3.13. The largest absolute Gasteiger partial charge is 0.488 e. The first-order chi connectivity index (χ1) is 19.5. The second-order valence-electron chi connectivity index (χ2n) is 9.51. The Morgan fingerprint density at radius 3 is 2.07 bits per heavy atom. The summed E-state index contributed by atoms with van der Waals surface area (Å²) in [4.78, 5) is 0. The monoisotopic (exact) mass is 576 g/mol. The van der Waals surface area contributed by atoms with Gasteiger partial charge in [0, 0.05) is 16.7 Å². The van der Waals surface area contributed by atoms with Crippen molar-refractivity contribution >= 4 is 0 Å². The minimum absolute atomic E-state index is 0.153. The zero-order chi connectivity index (χ0) is 29.6. The molecule has 0 amide bonds. The maximum atomic E-state index is 16.0. The fourth-order valence-corrected chi connectivity index (χ4v) is 4.38. The smallest absolute Gasteiger partial charge is 0.411 e. The number of benzene rings is 4. The van der Waals surface area contributed by atoms with Crippen LogP contribution in [0, 0.1) is 11.6 Å². The van der Waals surface area contributed by atoms with E-state index in [1.807, 2.05) is 6.92 Å². The van der Waals surface area contributed by atoms with Gasteiger partial charge in [-0.05, 0) is 35.2 Å². The van der Waals surface area contributed by atoms with Crippen molar-refractivity contribution < 1.29 is 40.2 Å². The first kappa shape index (κ1) is 30.1. The van der Waals surface area contributed by atoms with Crippen LogP contribution in [0.3, 0.4) is 0 Å². The average Bonchev–Trinajstić information content (AvgIpc) is 2.93. The van der Waals surface area contributed by atoms with Crippen LogP contribution in [0.4, 0.5) is 30.7 Å². The highest BCUT2D eigenvalue weighted by Gasteiger charge is 2.41. The Labute approximate surface area is 233 Å². The van der Waals surface area contributed by atoms with E-state index in [1.54, 1.807) is 42.5 Å². The van der Waals surface area contributed by atoms with E-state index in [-0.39, 0.29) is 12.2 Å². The molecule has 0 atom stereocenters. The molecule has 41 heavy (non-hydrogen) atoms. The van der Waals surface area contributed by atoms with Crippen LogP contribution in [0.5, 0.6) is 5.75 Å². The molecule has 0 spiro atoms. The van der Waals surface area contributed by atoms with Crippen molar-refractivity contribution in [3.05, 3.63) is 124 Å². The zero-order valence-electron chi connectivity index (χ0n) is 22.1. The highest BCUT2D eigenvalue weighted by atomic mass is 19.4. The number of hydrogen-bond acceptors (Lipinski definition) is 2. The van der Waals surface area contributed by atoms with E-state index < -0.39 is 59.4 Å². The fraction of sp³-hybridized carbons (Fsp3) is 0.250. The van der Waals surface area contributed by atoms with Crippen molar-refractivity contribution in [2.75, 3.05) is 6.61 Å². The molecule has 4 rings (SSSR count). The third-order valence-electron chi connectivity index (χ3n) is 6.39. The lowest BCUT2D eigenvalue weighted by Gasteiger charge is -2.23. The summed E-state index contributed by atoms with van der Waals surface area (Å²) in [5.74, 6) is -6.37. The lowest BCUT2D eigenvalue weighted by molar-refractivity contribution is -0.176. The van der Waals surface area contributed by atoms with Crippen LogP contribution in [0.25, 0.3) is 11.1 Å². The topological polar surface area (TPSA) is 18.5 Å². The van der Waals surface area contributed by atoms with Crippen molar-refractivity contribution in [2.45, 2.75) is 45.1 Å². The van der Waals surface area contributed by atoms with E-state index in [0.717, 1.165) is 36.2 Å². The van der Waals surface area contributed by atoms with E-state index in [9.17, 15) is 17.6 Å². The summed E-state index contributed by atoms with van der Waals surface area (Å²) in [5, 5.41) is 0. The number of halogens is 7. The minimum atomic E-state index is -4.67. The van der Waals surface area contributed by atoms with Gasteiger partial charge in [0.25, 0.3) is 0 Å². The minimum Gasteiger partial charge on any atom is -0.488 e. The molecule has 0 heterocycles. The second-order valence-corrected chi connectivity index (χ2v) is 9.51. The first-order valence-electron chi connectivity index (χ1n) is 12.9.